The van der Waals surface area contributed by atoms with E-state index in [1.54, 1.807) is 16.8 Å². The van der Waals surface area contributed by atoms with E-state index in [0.29, 0.717) is 11.7 Å². The van der Waals surface area contributed by atoms with Crippen molar-refractivity contribution >= 4 is 23.5 Å². The van der Waals surface area contributed by atoms with Crippen molar-refractivity contribution in [2.45, 2.75) is 26.3 Å². The van der Waals surface area contributed by atoms with Crippen LogP contribution in [0.1, 0.15) is 29.2 Å². The zero-order valence-corrected chi connectivity index (χ0v) is 16.2. The molecule has 2 amide bonds. The molecule has 0 saturated carbocycles. The second-order valence-corrected chi connectivity index (χ2v) is 6.97. The van der Waals surface area contributed by atoms with E-state index in [-0.39, 0.29) is 30.9 Å². The Balaban J connectivity index is 1.39. The number of nitrogens with zero attached hydrogens (tertiary/aromatic N) is 3. The van der Waals surface area contributed by atoms with Gasteiger partial charge in [0, 0.05) is 5.69 Å². The van der Waals surface area contributed by atoms with Gasteiger partial charge >= 0.3 is 0 Å². The minimum absolute atomic E-state index is 0.0911. The van der Waals surface area contributed by atoms with Gasteiger partial charge in [-0.1, -0.05) is 30.3 Å². The molecular weight excluding hydrogens is 370 g/mol. The van der Waals surface area contributed by atoms with Gasteiger partial charge in [-0.25, -0.2) is 4.68 Å². The number of ether oxygens (including phenoxy) is 1. The molecule has 2 aromatic carbocycles. The van der Waals surface area contributed by atoms with Crippen molar-refractivity contribution in [2.75, 3.05) is 17.2 Å². The van der Waals surface area contributed by atoms with Crippen LogP contribution in [0.3, 0.4) is 0 Å². The Bertz CT molecular complexity index is 1040. The highest BCUT2D eigenvalue weighted by Gasteiger charge is 2.27. The standard InChI is InChI=1S/C21H21N5O3/c1-13-4-3-5-14(2)20(13)24-19(28)11-29-16-8-6-15(7-9-16)17-10-18(27)25-21-22-12-23-26(17)21/h3-9,12,17H,10-11H2,1-2H3,(H,24,28)(H,22,23,25,27)/t17-/m0/s1. The van der Waals surface area contributed by atoms with Crippen LogP contribution in [-0.2, 0) is 9.59 Å². The van der Waals surface area contributed by atoms with Crippen molar-refractivity contribution in [1.29, 1.82) is 0 Å². The first-order valence-electron chi connectivity index (χ1n) is 9.29. The molecule has 0 bridgehead atoms. The number of fused-ring (bicyclic) bond motifs is 1. The molecule has 0 aliphatic carbocycles. The van der Waals surface area contributed by atoms with E-state index in [1.807, 2.05) is 44.2 Å². The number of hydrogen-bond donors (Lipinski definition) is 2. The Kier molecular flexibility index (Phi) is 4.99. The molecule has 1 atom stereocenters. The first kappa shape index (κ1) is 18.7. The molecule has 0 fully saturated rings. The molecule has 0 unspecified atom stereocenters. The number of aryl methyl sites for hydroxylation is 2. The van der Waals surface area contributed by atoms with E-state index < -0.39 is 0 Å². The van der Waals surface area contributed by atoms with Crippen molar-refractivity contribution in [1.82, 2.24) is 14.8 Å². The number of hydrogen-bond acceptors (Lipinski definition) is 5. The van der Waals surface area contributed by atoms with Crippen molar-refractivity contribution in [3.8, 4) is 5.75 Å². The lowest BCUT2D eigenvalue weighted by Gasteiger charge is -2.23. The van der Waals surface area contributed by atoms with Gasteiger partial charge in [0.25, 0.3) is 5.91 Å². The third-order valence-electron chi connectivity index (χ3n) is 4.88. The number of rotatable bonds is 5. The van der Waals surface area contributed by atoms with Crippen molar-refractivity contribution < 1.29 is 14.3 Å². The molecule has 148 valence electrons. The molecule has 3 aromatic rings. The highest BCUT2D eigenvalue weighted by atomic mass is 16.5. The second-order valence-electron chi connectivity index (χ2n) is 6.97. The van der Waals surface area contributed by atoms with Crippen LogP contribution in [0.15, 0.2) is 48.8 Å². The summed E-state index contributed by atoms with van der Waals surface area (Å²) in [5.41, 5.74) is 3.74. The molecule has 2 N–H and O–H groups in total. The van der Waals surface area contributed by atoms with Gasteiger partial charge in [-0.2, -0.15) is 10.1 Å². The number of benzene rings is 2. The number of nitrogens with one attached hydrogen (secondary N) is 2. The third-order valence-corrected chi connectivity index (χ3v) is 4.88. The summed E-state index contributed by atoms with van der Waals surface area (Å²) in [5, 5.41) is 9.78. The maximum absolute atomic E-state index is 12.2. The van der Waals surface area contributed by atoms with E-state index in [0.717, 1.165) is 22.4 Å². The summed E-state index contributed by atoms with van der Waals surface area (Å²) in [7, 11) is 0. The Morgan fingerprint density at radius 3 is 2.66 bits per heavy atom. The van der Waals surface area contributed by atoms with Crippen molar-refractivity contribution in [3.05, 3.63) is 65.5 Å². The Morgan fingerprint density at radius 2 is 1.93 bits per heavy atom. The molecule has 0 radical (unpaired) electrons. The van der Waals surface area contributed by atoms with E-state index in [2.05, 4.69) is 20.7 Å². The lowest BCUT2D eigenvalue weighted by molar-refractivity contribution is -0.118. The zero-order chi connectivity index (χ0) is 20.4. The topological polar surface area (TPSA) is 98.1 Å². The third kappa shape index (κ3) is 3.96. The van der Waals surface area contributed by atoms with Gasteiger partial charge in [-0.05, 0) is 42.7 Å². The summed E-state index contributed by atoms with van der Waals surface area (Å²) in [4.78, 5) is 28.2. The quantitative estimate of drug-likeness (QED) is 0.697. The van der Waals surface area contributed by atoms with Gasteiger partial charge in [0.2, 0.25) is 11.9 Å². The van der Waals surface area contributed by atoms with Gasteiger partial charge in [0.05, 0.1) is 12.5 Å². The molecule has 4 rings (SSSR count). The van der Waals surface area contributed by atoms with Gasteiger partial charge in [0.15, 0.2) is 6.61 Å². The Labute approximate surface area is 167 Å². The maximum atomic E-state index is 12.2. The number of amides is 2. The summed E-state index contributed by atoms with van der Waals surface area (Å²) in [6, 6.07) is 12.9. The van der Waals surface area contributed by atoms with Crippen LogP contribution in [0.25, 0.3) is 0 Å². The molecule has 29 heavy (non-hydrogen) atoms. The molecule has 0 spiro atoms. The van der Waals surface area contributed by atoms with E-state index in [1.165, 1.54) is 6.33 Å². The number of carbonyl (C=O) groups excluding carboxylic acids is 2. The van der Waals surface area contributed by atoms with Crippen LogP contribution in [0, 0.1) is 13.8 Å². The van der Waals surface area contributed by atoms with Crippen molar-refractivity contribution in [3.63, 3.8) is 0 Å². The molecule has 8 nitrogen and oxygen atoms in total. The molecule has 1 aromatic heterocycles. The lowest BCUT2D eigenvalue weighted by Crippen LogP contribution is -2.29. The molecule has 2 heterocycles. The molecule has 1 aliphatic heterocycles. The largest absolute Gasteiger partial charge is 0.484 e. The van der Waals surface area contributed by atoms with E-state index >= 15 is 0 Å². The van der Waals surface area contributed by atoms with Crippen molar-refractivity contribution in [2.24, 2.45) is 0 Å². The lowest BCUT2D eigenvalue weighted by atomic mass is 10.0. The van der Waals surface area contributed by atoms with Crippen LogP contribution in [-0.4, -0.2) is 33.2 Å². The second kappa shape index (κ2) is 7.75. The maximum Gasteiger partial charge on any atom is 0.262 e. The molecule has 1 aliphatic rings. The first-order chi connectivity index (χ1) is 14.0. The average molecular weight is 391 g/mol. The summed E-state index contributed by atoms with van der Waals surface area (Å²) in [6.45, 7) is 3.81. The first-order valence-corrected chi connectivity index (χ1v) is 9.29. The van der Waals surface area contributed by atoms with E-state index in [9.17, 15) is 9.59 Å². The molecule has 0 saturated heterocycles. The fraction of sp³-hybridized carbons (Fsp3) is 0.238. The highest BCUT2D eigenvalue weighted by molar-refractivity contribution is 5.93. The number of anilines is 2. The number of aromatic nitrogens is 3. The number of carbonyl (C=O) groups is 2. The summed E-state index contributed by atoms with van der Waals surface area (Å²) in [5.74, 6) is 0.695. The number of para-hydroxylation sites is 1. The summed E-state index contributed by atoms with van der Waals surface area (Å²) in [6.07, 6.45) is 1.70. The minimum atomic E-state index is -0.220. The average Bonchev–Trinajstić information content (AvgIpc) is 3.17. The van der Waals surface area contributed by atoms with Crippen LogP contribution >= 0.6 is 0 Å². The minimum Gasteiger partial charge on any atom is -0.484 e. The summed E-state index contributed by atoms with van der Waals surface area (Å²) >= 11 is 0. The molecular formula is C21H21N5O3. The monoisotopic (exact) mass is 391 g/mol. The van der Waals surface area contributed by atoms with Crippen LogP contribution in [0.2, 0.25) is 0 Å². The fourth-order valence-corrected chi connectivity index (χ4v) is 3.39. The van der Waals surface area contributed by atoms with Gasteiger partial charge < -0.3 is 10.1 Å². The van der Waals surface area contributed by atoms with Crippen LogP contribution in [0.5, 0.6) is 5.75 Å². The van der Waals surface area contributed by atoms with Crippen LogP contribution < -0.4 is 15.4 Å². The van der Waals surface area contributed by atoms with Gasteiger partial charge in [-0.3, -0.25) is 14.9 Å². The van der Waals surface area contributed by atoms with E-state index in [4.69, 9.17) is 4.74 Å². The smallest absolute Gasteiger partial charge is 0.262 e. The highest BCUT2D eigenvalue weighted by Crippen LogP contribution is 2.29. The predicted molar refractivity (Wildman–Crippen MR) is 108 cm³/mol. The molecule has 8 heteroatoms. The predicted octanol–water partition coefficient (Wildman–Crippen LogP) is 2.84. The van der Waals surface area contributed by atoms with Gasteiger partial charge in [-0.15, -0.1) is 0 Å². The van der Waals surface area contributed by atoms with Gasteiger partial charge in [0.1, 0.15) is 12.1 Å². The Morgan fingerprint density at radius 1 is 1.21 bits per heavy atom. The zero-order valence-electron chi connectivity index (χ0n) is 16.2. The fourth-order valence-electron chi connectivity index (χ4n) is 3.39. The normalized spacial score (nSPS) is 15.4. The van der Waals surface area contributed by atoms with Crippen LogP contribution in [0.4, 0.5) is 11.6 Å². The SMILES string of the molecule is Cc1cccc(C)c1NC(=O)COc1ccc([C@@H]2CC(=O)Nc3ncnn32)cc1. The Hall–Kier alpha value is -3.68. The summed E-state index contributed by atoms with van der Waals surface area (Å²) < 4.78 is 7.30.